The Morgan fingerprint density at radius 1 is 0.957 bits per heavy atom. The van der Waals surface area contributed by atoms with Gasteiger partial charge in [-0.15, -0.1) is 0 Å². The summed E-state index contributed by atoms with van der Waals surface area (Å²) in [5.41, 5.74) is 2.65. The van der Waals surface area contributed by atoms with Gasteiger partial charge in [-0.25, -0.2) is 9.59 Å². The minimum absolute atomic E-state index is 0.00862. The number of aromatic carboxylic acids is 2. The van der Waals surface area contributed by atoms with Gasteiger partial charge in [-0.3, -0.25) is 0 Å². The van der Waals surface area contributed by atoms with Gasteiger partial charge in [-0.05, 0) is 42.5 Å². The second-order valence-corrected chi connectivity index (χ2v) is 5.59. The molecule has 0 aromatic heterocycles. The fraction of sp³-hybridized carbons (Fsp3) is 0.263. The maximum Gasteiger partial charge on any atom is 0.336 e. The van der Waals surface area contributed by atoms with E-state index in [0.29, 0.717) is 11.1 Å². The first-order chi connectivity index (χ1) is 11.0. The molecule has 0 amide bonds. The Labute approximate surface area is 135 Å². The largest absolute Gasteiger partial charge is 0.478 e. The van der Waals surface area contributed by atoms with E-state index in [4.69, 9.17) is 0 Å². The molecule has 0 saturated heterocycles. The van der Waals surface area contributed by atoms with Gasteiger partial charge in [0, 0.05) is 5.56 Å². The van der Waals surface area contributed by atoms with Crippen molar-refractivity contribution in [1.82, 2.24) is 0 Å². The molecule has 2 aromatic rings. The first-order valence-electron chi connectivity index (χ1n) is 7.65. The monoisotopic (exact) mass is 312 g/mol. The molecule has 0 aliphatic carbocycles. The Kier molecular flexibility index (Phi) is 5.16. The Morgan fingerprint density at radius 3 is 2.13 bits per heavy atom. The number of carboxylic acids is 2. The molecule has 0 saturated carbocycles. The summed E-state index contributed by atoms with van der Waals surface area (Å²) in [5.74, 6) is -2.24. The Morgan fingerprint density at radius 2 is 1.61 bits per heavy atom. The molecule has 120 valence electrons. The smallest absolute Gasteiger partial charge is 0.336 e. The van der Waals surface area contributed by atoms with Gasteiger partial charge in [0.25, 0.3) is 0 Å². The molecule has 0 radical (unpaired) electrons. The van der Waals surface area contributed by atoms with Gasteiger partial charge in [0.15, 0.2) is 0 Å². The highest BCUT2D eigenvalue weighted by molar-refractivity contribution is 6.05. The number of aryl methyl sites for hydroxylation is 2. The lowest BCUT2D eigenvalue weighted by atomic mass is 9.90. The fourth-order valence-electron chi connectivity index (χ4n) is 2.68. The molecule has 0 unspecified atom stereocenters. The minimum atomic E-state index is -1.13. The van der Waals surface area contributed by atoms with Crippen LogP contribution in [0.25, 0.3) is 11.1 Å². The lowest BCUT2D eigenvalue weighted by molar-refractivity contribution is 0.0695. The summed E-state index contributed by atoms with van der Waals surface area (Å²) in [4.78, 5) is 23.1. The molecule has 2 aromatic carbocycles. The molecule has 0 aliphatic rings. The van der Waals surface area contributed by atoms with Crippen molar-refractivity contribution in [2.24, 2.45) is 0 Å². The average Bonchev–Trinajstić information content (AvgIpc) is 2.52. The molecule has 0 bridgehead atoms. The van der Waals surface area contributed by atoms with Crippen molar-refractivity contribution >= 4 is 11.9 Å². The van der Waals surface area contributed by atoms with Crippen LogP contribution in [0, 0.1) is 6.92 Å². The van der Waals surface area contributed by atoms with Crippen LogP contribution in [-0.4, -0.2) is 22.2 Å². The van der Waals surface area contributed by atoms with Gasteiger partial charge in [0.2, 0.25) is 0 Å². The van der Waals surface area contributed by atoms with E-state index in [1.165, 1.54) is 12.1 Å². The van der Waals surface area contributed by atoms with E-state index in [1.807, 2.05) is 12.1 Å². The number of carbonyl (C=O) groups is 2. The number of hydrogen-bond donors (Lipinski definition) is 2. The normalized spacial score (nSPS) is 10.5. The molecular weight excluding hydrogens is 292 g/mol. The third-order valence-corrected chi connectivity index (χ3v) is 3.92. The molecule has 2 N–H and O–H groups in total. The summed E-state index contributed by atoms with van der Waals surface area (Å²) in [7, 11) is 0. The minimum Gasteiger partial charge on any atom is -0.478 e. The summed E-state index contributed by atoms with van der Waals surface area (Å²) in [6, 6.07) is 10.5. The Balaban J connectivity index is 2.58. The van der Waals surface area contributed by atoms with Crippen LogP contribution in [0.2, 0.25) is 0 Å². The number of carboxylic acid groups (broad SMARTS) is 2. The van der Waals surface area contributed by atoms with Crippen molar-refractivity contribution < 1.29 is 19.8 Å². The van der Waals surface area contributed by atoms with E-state index >= 15 is 0 Å². The quantitative estimate of drug-likeness (QED) is 0.829. The van der Waals surface area contributed by atoms with Crippen molar-refractivity contribution in [3.63, 3.8) is 0 Å². The molecule has 2 rings (SSSR count). The Bertz CT molecular complexity index is 730. The van der Waals surface area contributed by atoms with Crippen LogP contribution in [0.4, 0.5) is 0 Å². The number of benzene rings is 2. The summed E-state index contributed by atoms with van der Waals surface area (Å²) >= 11 is 0. The van der Waals surface area contributed by atoms with Crippen LogP contribution in [0.1, 0.15) is 51.6 Å². The van der Waals surface area contributed by atoms with E-state index in [1.54, 1.807) is 19.1 Å². The second kappa shape index (κ2) is 7.09. The third kappa shape index (κ3) is 3.59. The zero-order chi connectivity index (χ0) is 17.0. The molecule has 4 heteroatoms. The average molecular weight is 312 g/mol. The SMILES string of the molecule is CCCCc1ccc(-c2c(C(=O)O)ccc(C)c2C(=O)O)cc1. The van der Waals surface area contributed by atoms with E-state index in [0.717, 1.165) is 24.8 Å². The van der Waals surface area contributed by atoms with E-state index in [9.17, 15) is 19.8 Å². The topological polar surface area (TPSA) is 74.6 Å². The predicted octanol–water partition coefficient (Wildman–Crippen LogP) is 4.40. The molecular formula is C19H20O4. The van der Waals surface area contributed by atoms with Gasteiger partial charge in [-0.2, -0.15) is 0 Å². The number of rotatable bonds is 6. The first kappa shape index (κ1) is 16.7. The van der Waals surface area contributed by atoms with Crippen LogP contribution in [-0.2, 0) is 6.42 Å². The molecule has 0 heterocycles. The maximum atomic E-state index is 11.6. The van der Waals surface area contributed by atoms with Crippen LogP contribution in [0.3, 0.4) is 0 Å². The molecule has 0 atom stereocenters. The zero-order valence-electron chi connectivity index (χ0n) is 13.3. The molecule has 0 fully saturated rings. The molecule has 23 heavy (non-hydrogen) atoms. The van der Waals surface area contributed by atoms with Crippen molar-refractivity contribution in [3.05, 3.63) is 58.7 Å². The van der Waals surface area contributed by atoms with Crippen molar-refractivity contribution in [3.8, 4) is 11.1 Å². The second-order valence-electron chi connectivity index (χ2n) is 5.59. The van der Waals surface area contributed by atoms with Crippen LogP contribution in [0.15, 0.2) is 36.4 Å². The number of unbranched alkanes of at least 4 members (excludes halogenated alkanes) is 1. The fourth-order valence-corrected chi connectivity index (χ4v) is 2.68. The number of hydrogen-bond acceptors (Lipinski definition) is 2. The van der Waals surface area contributed by atoms with Gasteiger partial charge >= 0.3 is 11.9 Å². The van der Waals surface area contributed by atoms with Crippen LogP contribution >= 0.6 is 0 Å². The zero-order valence-corrected chi connectivity index (χ0v) is 13.3. The maximum absolute atomic E-state index is 11.6. The summed E-state index contributed by atoms with van der Waals surface area (Å²) < 4.78 is 0. The summed E-state index contributed by atoms with van der Waals surface area (Å²) in [5, 5.41) is 18.9. The van der Waals surface area contributed by atoms with Crippen molar-refractivity contribution in [2.75, 3.05) is 0 Å². The molecule has 0 aliphatic heterocycles. The van der Waals surface area contributed by atoms with Crippen LogP contribution < -0.4 is 0 Å². The summed E-state index contributed by atoms with van der Waals surface area (Å²) in [6.45, 7) is 3.80. The first-order valence-corrected chi connectivity index (χ1v) is 7.65. The summed E-state index contributed by atoms with van der Waals surface area (Å²) in [6.07, 6.45) is 3.15. The highest BCUT2D eigenvalue weighted by Crippen LogP contribution is 2.31. The van der Waals surface area contributed by atoms with Crippen LogP contribution in [0.5, 0.6) is 0 Å². The van der Waals surface area contributed by atoms with E-state index < -0.39 is 11.9 Å². The Hall–Kier alpha value is -2.62. The van der Waals surface area contributed by atoms with Crippen molar-refractivity contribution in [2.45, 2.75) is 33.1 Å². The highest BCUT2D eigenvalue weighted by atomic mass is 16.4. The standard InChI is InChI=1S/C19H20O4/c1-3-4-5-13-7-9-14(10-8-13)17-15(18(20)21)11-6-12(2)16(17)19(22)23/h6-11H,3-5H2,1-2H3,(H,20,21)(H,22,23). The van der Waals surface area contributed by atoms with Gasteiger partial charge in [0.1, 0.15) is 0 Å². The van der Waals surface area contributed by atoms with Gasteiger partial charge in [-0.1, -0.05) is 43.7 Å². The molecule has 0 spiro atoms. The third-order valence-electron chi connectivity index (χ3n) is 3.92. The van der Waals surface area contributed by atoms with E-state index in [-0.39, 0.29) is 16.7 Å². The lowest BCUT2D eigenvalue weighted by Gasteiger charge is -2.13. The lowest BCUT2D eigenvalue weighted by Crippen LogP contribution is -2.09. The van der Waals surface area contributed by atoms with Crippen molar-refractivity contribution in [1.29, 1.82) is 0 Å². The highest BCUT2D eigenvalue weighted by Gasteiger charge is 2.21. The van der Waals surface area contributed by atoms with Gasteiger partial charge < -0.3 is 10.2 Å². The molecule has 4 nitrogen and oxygen atoms in total. The van der Waals surface area contributed by atoms with E-state index in [2.05, 4.69) is 6.92 Å². The van der Waals surface area contributed by atoms with Gasteiger partial charge in [0.05, 0.1) is 11.1 Å². The predicted molar refractivity (Wildman–Crippen MR) is 89.1 cm³/mol.